The Morgan fingerprint density at radius 3 is 2.30 bits per heavy atom. The molecule has 2 N–H and O–H groups in total. The van der Waals surface area contributed by atoms with Gasteiger partial charge in [-0.05, 0) is 19.3 Å². The van der Waals surface area contributed by atoms with Gasteiger partial charge in [0, 0.05) is 12.5 Å². The lowest BCUT2D eigenvalue weighted by Crippen LogP contribution is -2.45. The average molecular weight is 297 g/mol. The minimum atomic E-state index is -4.54. The molecule has 0 aliphatic heterocycles. The third-order valence-electron chi connectivity index (χ3n) is 3.42. The van der Waals surface area contributed by atoms with Gasteiger partial charge in [0.1, 0.15) is 6.54 Å². The maximum Gasteiger partial charge on any atom is 0.406 e. The van der Waals surface area contributed by atoms with E-state index in [4.69, 9.17) is 10.2 Å². The Hall–Kier alpha value is -1.31. The molecule has 0 heterocycles. The number of carbonyl (C=O) groups is 2. The smallest absolute Gasteiger partial charge is 0.406 e. The highest BCUT2D eigenvalue weighted by atomic mass is 19.4. The van der Waals surface area contributed by atoms with Crippen LogP contribution in [0.3, 0.4) is 0 Å². The summed E-state index contributed by atoms with van der Waals surface area (Å²) in [6, 6.07) is 0. The van der Waals surface area contributed by atoms with Crippen LogP contribution in [-0.2, 0) is 9.59 Å². The van der Waals surface area contributed by atoms with Crippen LogP contribution < -0.4 is 0 Å². The zero-order valence-electron chi connectivity index (χ0n) is 10.9. The van der Waals surface area contributed by atoms with Crippen LogP contribution in [-0.4, -0.2) is 52.9 Å². The molecule has 1 saturated carbocycles. The monoisotopic (exact) mass is 297 g/mol. The largest absolute Gasteiger partial charge is 0.481 e. The van der Waals surface area contributed by atoms with Crippen LogP contribution in [0.4, 0.5) is 13.2 Å². The van der Waals surface area contributed by atoms with Crippen LogP contribution in [0.2, 0.25) is 0 Å². The van der Waals surface area contributed by atoms with Gasteiger partial charge in [0.15, 0.2) is 0 Å². The Balaban J connectivity index is 2.70. The molecule has 0 saturated heterocycles. The second-order valence-electron chi connectivity index (χ2n) is 5.00. The highest BCUT2D eigenvalue weighted by Crippen LogP contribution is 2.31. The van der Waals surface area contributed by atoms with Gasteiger partial charge < -0.3 is 15.1 Å². The third kappa shape index (κ3) is 4.99. The minimum Gasteiger partial charge on any atom is -0.481 e. The number of carbonyl (C=O) groups excluding carboxylic acids is 1. The van der Waals surface area contributed by atoms with Gasteiger partial charge in [-0.25, -0.2) is 0 Å². The van der Waals surface area contributed by atoms with Gasteiger partial charge >= 0.3 is 12.1 Å². The summed E-state index contributed by atoms with van der Waals surface area (Å²) >= 11 is 0. The number of rotatable bonds is 5. The molecule has 20 heavy (non-hydrogen) atoms. The van der Waals surface area contributed by atoms with Crippen LogP contribution in [0.5, 0.6) is 0 Å². The molecule has 8 heteroatoms. The Morgan fingerprint density at radius 1 is 1.20 bits per heavy atom. The van der Waals surface area contributed by atoms with Crippen LogP contribution >= 0.6 is 0 Å². The summed E-state index contributed by atoms with van der Waals surface area (Å²) in [5, 5.41) is 17.7. The molecule has 0 bridgehead atoms. The maximum atomic E-state index is 12.4. The quantitative estimate of drug-likeness (QED) is 0.801. The first-order chi connectivity index (χ1) is 9.24. The fourth-order valence-electron chi connectivity index (χ4n) is 2.50. The Labute approximate surface area is 114 Å². The molecule has 5 nitrogen and oxygen atoms in total. The SMILES string of the molecule is O=C(O)C1CCCC(C(=O)N(CCO)CC(F)(F)F)C1. The van der Waals surface area contributed by atoms with Crippen molar-refractivity contribution in [2.75, 3.05) is 19.7 Å². The fraction of sp³-hybridized carbons (Fsp3) is 0.833. The third-order valence-corrected chi connectivity index (χ3v) is 3.42. The van der Waals surface area contributed by atoms with Crippen molar-refractivity contribution in [1.82, 2.24) is 4.90 Å². The molecular weight excluding hydrogens is 279 g/mol. The summed E-state index contributed by atoms with van der Waals surface area (Å²) in [4.78, 5) is 23.5. The van der Waals surface area contributed by atoms with Gasteiger partial charge in [0.05, 0.1) is 12.5 Å². The van der Waals surface area contributed by atoms with Crippen LogP contribution in [0.1, 0.15) is 25.7 Å². The lowest BCUT2D eigenvalue weighted by atomic mass is 9.80. The molecular formula is C12H18F3NO4. The Morgan fingerprint density at radius 2 is 1.80 bits per heavy atom. The van der Waals surface area contributed by atoms with Crippen molar-refractivity contribution >= 4 is 11.9 Å². The van der Waals surface area contributed by atoms with Crippen molar-refractivity contribution in [3.8, 4) is 0 Å². The zero-order valence-corrected chi connectivity index (χ0v) is 10.9. The fourth-order valence-corrected chi connectivity index (χ4v) is 2.50. The summed E-state index contributed by atoms with van der Waals surface area (Å²) in [6.07, 6.45) is -3.13. The first kappa shape index (κ1) is 16.7. The number of aliphatic carboxylic acids is 1. The molecule has 0 radical (unpaired) electrons. The summed E-state index contributed by atoms with van der Waals surface area (Å²) in [5.41, 5.74) is 0. The highest BCUT2D eigenvalue weighted by molar-refractivity contribution is 5.80. The van der Waals surface area contributed by atoms with E-state index in [0.29, 0.717) is 24.2 Å². The number of amides is 1. The molecule has 116 valence electrons. The van der Waals surface area contributed by atoms with Gasteiger partial charge in [-0.1, -0.05) is 6.42 Å². The maximum absolute atomic E-state index is 12.4. The van der Waals surface area contributed by atoms with Crippen molar-refractivity contribution < 1.29 is 33.0 Å². The van der Waals surface area contributed by atoms with E-state index in [1.807, 2.05) is 0 Å². The number of aliphatic hydroxyl groups is 1. The van der Waals surface area contributed by atoms with E-state index in [2.05, 4.69) is 0 Å². The van der Waals surface area contributed by atoms with Crippen LogP contribution in [0.25, 0.3) is 0 Å². The minimum absolute atomic E-state index is 0.0634. The van der Waals surface area contributed by atoms with E-state index in [9.17, 15) is 22.8 Å². The number of halogens is 3. The van der Waals surface area contributed by atoms with E-state index >= 15 is 0 Å². The standard InChI is InChI=1S/C12H18F3NO4/c13-12(14,15)7-16(4-5-17)10(18)8-2-1-3-9(6-8)11(19)20/h8-9,17H,1-7H2,(H,19,20). The summed E-state index contributed by atoms with van der Waals surface area (Å²) < 4.78 is 37.2. The normalized spacial score (nSPS) is 23.4. The molecule has 1 fully saturated rings. The second-order valence-corrected chi connectivity index (χ2v) is 5.00. The number of nitrogens with zero attached hydrogens (tertiary/aromatic N) is 1. The number of hydrogen-bond donors (Lipinski definition) is 2. The van der Waals surface area contributed by atoms with Crippen LogP contribution in [0.15, 0.2) is 0 Å². The molecule has 2 atom stereocenters. The Bertz CT molecular complexity index is 359. The Kier molecular flexibility index (Phi) is 5.79. The van der Waals surface area contributed by atoms with Crippen LogP contribution in [0, 0.1) is 11.8 Å². The number of aliphatic hydroxyl groups excluding tert-OH is 1. The molecule has 1 aliphatic rings. The molecule has 0 aromatic carbocycles. The molecule has 1 rings (SSSR count). The average Bonchev–Trinajstić information content (AvgIpc) is 2.36. The molecule has 0 spiro atoms. The van der Waals surface area contributed by atoms with Crippen molar-refractivity contribution in [3.05, 3.63) is 0 Å². The van der Waals surface area contributed by atoms with Crippen molar-refractivity contribution in [2.45, 2.75) is 31.9 Å². The van der Waals surface area contributed by atoms with E-state index in [1.165, 1.54) is 0 Å². The number of alkyl halides is 3. The molecule has 0 aromatic heterocycles. The highest BCUT2D eigenvalue weighted by Gasteiger charge is 2.37. The van der Waals surface area contributed by atoms with Crippen molar-refractivity contribution in [1.29, 1.82) is 0 Å². The van der Waals surface area contributed by atoms with Gasteiger partial charge in [-0.3, -0.25) is 9.59 Å². The summed E-state index contributed by atoms with van der Waals surface area (Å²) in [5.74, 6) is -3.13. The number of carboxylic acid groups (broad SMARTS) is 1. The topological polar surface area (TPSA) is 77.8 Å². The molecule has 1 aliphatic carbocycles. The van der Waals surface area contributed by atoms with E-state index in [-0.39, 0.29) is 6.42 Å². The predicted molar refractivity (Wildman–Crippen MR) is 62.8 cm³/mol. The number of carboxylic acids is 1. The lowest BCUT2D eigenvalue weighted by Gasteiger charge is -2.31. The van der Waals surface area contributed by atoms with Gasteiger partial charge in [-0.2, -0.15) is 13.2 Å². The summed E-state index contributed by atoms with van der Waals surface area (Å²) in [7, 11) is 0. The molecule has 0 aromatic rings. The molecule has 2 unspecified atom stereocenters. The first-order valence-electron chi connectivity index (χ1n) is 6.43. The van der Waals surface area contributed by atoms with Crippen molar-refractivity contribution in [2.24, 2.45) is 11.8 Å². The van der Waals surface area contributed by atoms with Gasteiger partial charge in [-0.15, -0.1) is 0 Å². The van der Waals surface area contributed by atoms with Gasteiger partial charge in [0.25, 0.3) is 0 Å². The van der Waals surface area contributed by atoms with E-state index in [1.54, 1.807) is 0 Å². The first-order valence-corrected chi connectivity index (χ1v) is 6.43. The van der Waals surface area contributed by atoms with E-state index in [0.717, 1.165) is 0 Å². The predicted octanol–water partition coefficient (Wildman–Crippen LogP) is 1.26. The number of hydrogen-bond acceptors (Lipinski definition) is 3. The zero-order chi connectivity index (χ0) is 15.3. The van der Waals surface area contributed by atoms with Gasteiger partial charge in [0.2, 0.25) is 5.91 Å². The van der Waals surface area contributed by atoms with E-state index < -0.39 is 49.6 Å². The van der Waals surface area contributed by atoms with Crippen molar-refractivity contribution in [3.63, 3.8) is 0 Å². The second kappa shape index (κ2) is 6.92. The molecule has 1 amide bonds. The lowest BCUT2D eigenvalue weighted by molar-refractivity contribution is -0.166. The summed E-state index contributed by atoms with van der Waals surface area (Å²) in [6.45, 7) is -2.37.